The van der Waals surface area contributed by atoms with Crippen molar-refractivity contribution in [1.82, 2.24) is 0 Å². The van der Waals surface area contributed by atoms with Crippen LogP contribution in [0.2, 0.25) is 0 Å². The van der Waals surface area contributed by atoms with Gasteiger partial charge in [-0.2, -0.15) is 4.40 Å². The van der Waals surface area contributed by atoms with E-state index in [1.165, 1.54) is 0 Å². The smallest absolute Gasteiger partial charge is 0.145 e. The molecule has 1 rings (SSSR count). The van der Waals surface area contributed by atoms with Crippen LogP contribution in [0.1, 0.15) is 53.5 Å². The topological polar surface area (TPSA) is 49.7 Å². The molecule has 3 nitrogen and oxygen atoms in total. The number of rotatable bonds is 4. The van der Waals surface area contributed by atoms with Crippen molar-refractivity contribution in [3.05, 3.63) is 35.9 Å². The van der Waals surface area contributed by atoms with Crippen molar-refractivity contribution in [2.45, 2.75) is 58.8 Å². The molecular formula is C17H27NO2S. The minimum atomic E-state index is -1.33. The minimum Gasteiger partial charge on any atom is -0.392 e. The summed E-state index contributed by atoms with van der Waals surface area (Å²) in [4.78, 5) is 0. The predicted octanol–water partition coefficient (Wildman–Crippen LogP) is 3.74. The third-order valence-electron chi connectivity index (χ3n) is 3.21. The molecule has 0 fully saturated rings. The van der Waals surface area contributed by atoms with Crippen molar-refractivity contribution in [2.24, 2.45) is 9.81 Å². The molecule has 0 heterocycles. The lowest BCUT2D eigenvalue weighted by atomic mass is 9.85. The van der Waals surface area contributed by atoms with Gasteiger partial charge in [0.2, 0.25) is 0 Å². The Labute approximate surface area is 131 Å². The molecule has 21 heavy (non-hydrogen) atoms. The van der Waals surface area contributed by atoms with Crippen LogP contribution in [0.15, 0.2) is 34.7 Å². The van der Waals surface area contributed by atoms with Crippen LogP contribution in [0, 0.1) is 5.41 Å². The van der Waals surface area contributed by atoms with Gasteiger partial charge in [0.25, 0.3) is 0 Å². The molecule has 0 aliphatic heterocycles. The van der Waals surface area contributed by atoms with Crippen LogP contribution in [-0.2, 0) is 11.0 Å². The van der Waals surface area contributed by atoms with Crippen LogP contribution < -0.4 is 0 Å². The van der Waals surface area contributed by atoms with Crippen LogP contribution >= 0.6 is 0 Å². The van der Waals surface area contributed by atoms with Crippen molar-refractivity contribution in [3.8, 4) is 0 Å². The molecule has 0 aliphatic rings. The summed E-state index contributed by atoms with van der Waals surface area (Å²) in [7, 11) is -1.33. The van der Waals surface area contributed by atoms with E-state index < -0.39 is 21.8 Å². The Morgan fingerprint density at radius 3 is 2.10 bits per heavy atom. The van der Waals surface area contributed by atoms with Crippen molar-refractivity contribution in [1.29, 1.82) is 0 Å². The van der Waals surface area contributed by atoms with E-state index in [1.807, 2.05) is 71.9 Å². The largest absolute Gasteiger partial charge is 0.392 e. The monoisotopic (exact) mass is 309 g/mol. The SMILES string of the molecule is CC(C)(C)[C@@H](O)C/C(=N/S(=O)C(C)(C)C)c1ccccc1. The van der Waals surface area contributed by atoms with Gasteiger partial charge in [0.15, 0.2) is 0 Å². The molecule has 0 aromatic heterocycles. The number of aliphatic hydroxyl groups is 1. The van der Waals surface area contributed by atoms with Crippen LogP contribution in [0.3, 0.4) is 0 Å². The third kappa shape index (κ3) is 5.71. The van der Waals surface area contributed by atoms with E-state index in [9.17, 15) is 9.32 Å². The van der Waals surface area contributed by atoms with Gasteiger partial charge in [0.1, 0.15) is 11.0 Å². The Balaban J connectivity index is 3.14. The highest BCUT2D eigenvalue weighted by atomic mass is 32.2. The standard InChI is InChI=1S/C17H27NO2S/c1-16(2,3)15(19)12-14(13-10-8-7-9-11-13)18-21(20)17(4,5)6/h7-11,15,19H,12H2,1-6H3/b18-14-/t15-,21?/m0/s1. The fourth-order valence-electron chi connectivity index (χ4n) is 1.56. The van der Waals surface area contributed by atoms with Gasteiger partial charge in [0.05, 0.1) is 16.6 Å². The van der Waals surface area contributed by atoms with Crippen molar-refractivity contribution in [3.63, 3.8) is 0 Å². The van der Waals surface area contributed by atoms with E-state index in [-0.39, 0.29) is 5.41 Å². The summed E-state index contributed by atoms with van der Waals surface area (Å²) in [6.45, 7) is 11.7. The van der Waals surface area contributed by atoms with Gasteiger partial charge in [-0.25, -0.2) is 4.21 Å². The Bertz CT molecular complexity index is 510. The molecule has 1 unspecified atom stereocenters. The maximum Gasteiger partial charge on any atom is 0.145 e. The predicted molar refractivity (Wildman–Crippen MR) is 91.0 cm³/mol. The summed E-state index contributed by atoms with van der Waals surface area (Å²) in [5, 5.41) is 10.4. The highest BCUT2D eigenvalue weighted by molar-refractivity contribution is 7.85. The molecule has 1 aromatic carbocycles. The first-order valence-electron chi connectivity index (χ1n) is 7.25. The molecule has 118 valence electrons. The normalized spacial score (nSPS) is 16.6. The first-order valence-corrected chi connectivity index (χ1v) is 8.35. The number of hydrogen-bond acceptors (Lipinski definition) is 2. The van der Waals surface area contributed by atoms with E-state index in [2.05, 4.69) is 4.40 Å². The second kappa shape index (κ2) is 6.84. The van der Waals surface area contributed by atoms with Crippen molar-refractivity contribution >= 4 is 16.7 Å². The maximum atomic E-state index is 12.3. The fourth-order valence-corrected chi connectivity index (χ4v) is 2.22. The van der Waals surface area contributed by atoms with E-state index in [1.54, 1.807) is 0 Å². The lowest BCUT2D eigenvalue weighted by Crippen LogP contribution is -2.30. The summed E-state index contributed by atoms with van der Waals surface area (Å²) in [6, 6.07) is 9.66. The first kappa shape index (κ1) is 18.1. The molecule has 0 aliphatic carbocycles. The van der Waals surface area contributed by atoms with Crippen LogP contribution in [-0.4, -0.2) is 25.9 Å². The number of nitrogens with zero attached hydrogens (tertiary/aromatic N) is 1. The lowest BCUT2D eigenvalue weighted by Gasteiger charge is -2.26. The maximum absolute atomic E-state index is 12.3. The average molecular weight is 309 g/mol. The molecule has 1 N–H and O–H groups in total. The van der Waals surface area contributed by atoms with E-state index in [0.29, 0.717) is 12.1 Å². The summed E-state index contributed by atoms with van der Waals surface area (Å²) < 4.78 is 16.3. The number of benzene rings is 1. The zero-order chi connectivity index (χ0) is 16.3. The Kier molecular flexibility index (Phi) is 5.88. The van der Waals surface area contributed by atoms with E-state index in [0.717, 1.165) is 5.56 Å². The molecule has 2 atom stereocenters. The summed E-state index contributed by atoms with van der Waals surface area (Å²) in [5.74, 6) is 0. The van der Waals surface area contributed by atoms with Gasteiger partial charge < -0.3 is 5.11 Å². The molecule has 0 saturated heterocycles. The van der Waals surface area contributed by atoms with Crippen LogP contribution in [0.25, 0.3) is 0 Å². The molecule has 0 spiro atoms. The molecule has 0 bridgehead atoms. The fraction of sp³-hybridized carbons (Fsp3) is 0.588. The van der Waals surface area contributed by atoms with Gasteiger partial charge in [-0.15, -0.1) is 0 Å². The lowest BCUT2D eigenvalue weighted by molar-refractivity contribution is 0.0698. The van der Waals surface area contributed by atoms with Crippen molar-refractivity contribution < 1.29 is 9.32 Å². The highest BCUT2D eigenvalue weighted by Gasteiger charge is 2.26. The van der Waals surface area contributed by atoms with Gasteiger partial charge >= 0.3 is 0 Å². The quantitative estimate of drug-likeness (QED) is 0.861. The third-order valence-corrected chi connectivity index (χ3v) is 4.64. The Hall–Kier alpha value is -1.00. The molecule has 0 radical (unpaired) electrons. The summed E-state index contributed by atoms with van der Waals surface area (Å²) in [6.07, 6.45) is -0.136. The molecule has 4 heteroatoms. The average Bonchev–Trinajstić information content (AvgIpc) is 2.36. The van der Waals surface area contributed by atoms with Gasteiger partial charge in [-0.05, 0) is 31.7 Å². The molecule has 1 aromatic rings. The first-order chi connectivity index (χ1) is 9.51. The molecular weight excluding hydrogens is 282 g/mol. The zero-order valence-electron chi connectivity index (χ0n) is 13.9. The molecule has 0 amide bonds. The second-order valence-corrected chi connectivity index (χ2v) is 9.26. The van der Waals surface area contributed by atoms with Gasteiger partial charge in [-0.3, -0.25) is 0 Å². The molecule has 0 saturated carbocycles. The summed E-state index contributed by atoms with van der Waals surface area (Å²) in [5.41, 5.74) is 1.38. The van der Waals surface area contributed by atoms with Crippen LogP contribution in [0.4, 0.5) is 0 Å². The second-order valence-electron chi connectivity index (χ2n) is 7.35. The Morgan fingerprint density at radius 1 is 1.14 bits per heavy atom. The van der Waals surface area contributed by atoms with Gasteiger partial charge in [0, 0.05) is 6.42 Å². The number of hydrogen-bond donors (Lipinski definition) is 1. The van der Waals surface area contributed by atoms with Crippen LogP contribution in [0.5, 0.6) is 0 Å². The Morgan fingerprint density at radius 2 is 1.67 bits per heavy atom. The minimum absolute atomic E-state index is 0.237. The van der Waals surface area contributed by atoms with E-state index >= 15 is 0 Å². The summed E-state index contributed by atoms with van der Waals surface area (Å²) >= 11 is 0. The highest BCUT2D eigenvalue weighted by Crippen LogP contribution is 2.24. The zero-order valence-corrected chi connectivity index (χ0v) is 14.7. The number of aliphatic hydroxyl groups excluding tert-OH is 1. The van der Waals surface area contributed by atoms with Gasteiger partial charge in [-0.1, -0.05) is 51.1 Å². The van der Waals surface area contributed by atoms with E-state index in [4.69, 9.17) is 0 Å². The van der Waals surface area contributed by atoms with Crippen molar-refractivity contribution in [2.75, 3.05) is 0 Å².